The van der Waals surface area contributed by atoms with Gasteiger partial charge in [0.2, 0.25) is 0 Å². The van der Waals surface area contributed by atoms with Crippen LogP contribution in [0.4, 0.5) is 0 Å². The Bertz CT molecular complexity index is 812. The van der Waals surface area contributed by atoms with Crippen molar-refractivity contribution in [2.75, 3.05) is 13.6 Å². The second-order valence-corrected chi connectivity index (χ2v) is 6.80. The Kier molecular flexibility index (Phi) is 4.84. The van der Waals surface area contributed by atoms with E-state index in [-0.39, 0.29) is 5.56 Å². The van der Waals surface area contributed by atoms with Gasteiger partial charge in [-0.25, -0.2) is 9.78 Å². The van der Waals surface area contributed by atoms with Crippen molar-refractivity contribution in [2.24, 2.45) is 0 Å². The number of hydrogen-bond acceptors (Lipinski definition) is 5. The van der Waals surface area contributed by atoms with Crippen LogP contribution in [-0.4, -0.2) is 34.6 Å². The molecule has 0 atom stereocenters. The highest BCUT2D eigenvalue weighted by Crippen LogP contribution is 2.28. The normalized spacial score (nSPS) is 14.0. The Labute approximate surface area is 144 Å². The molecule has 6 heteroatoms. The van der Waals surface area contributed by atoms with Crippen LogP contribution in [-0.2, 0) is 18.7 Å². The lowest BCUT2D eigenvalue weighted by atomic mass is 10.0. The van der Waals surface area contributed by atoms with E-state index in [1.54, 1.807) is 24.3 Å². The van der Waals surface area contributed by atoms with Crippen molar-refractivity contribution in [1.29, 1.82) is 5.26 Å². The molecule has 24 heavy (non-hydrogen) atoms. The van der Waals surface area contributed by atoms with Gasteiger partial charge in [0.15, 0.2) is 0 Å². The van der Waals surface area contributed by atoms with E-state index in [0.717, 1.165) is 41.4 Å². The summed E-state index contributed by atoms with van der Waals surface area (Å²) in [4.78, 5) is 17.8. The van der Waals surface area contributed by atoms with Gasteiger partial charge in [-0.15, -0.1) is 11.8 Å². The van der Waals surface area contributed by atoms with Crippen LogP contribution in [0, 0.1) is 11.3 Å². The number of likely N-dealkylation sites (N-methyl/N-ethyl adjacent to an activating group) is 1. The average Bonchev–Trinajstić information content (AvgIpc) is 2.59. The molecule has 2 aromatic rings. The average molecular weight is 339 g/mol. The Balaban J connectivity index is 1.77. The van der Waals surface area contributed by atoms with E-state index in [2.05, 4.69) is 18.0 Å². The van der Waals surface area contributed by atoms with Crippen molar-refractivity contribution >= 4 is 17.7 Å². The zero-order valence-electron chi connectivity index (χ0n) is 13.3. The summed E-state index contributed by atoms with van der Waals surface area (Å²) in [5, 5.41) is 19.1. The first-order chi connectivity index (χ1) is 11.6. The second kappa shape index (κ2) is 7.04. The summed E-state index contributed by atoms with van der Waals surface area (Å²) in [6.45, 7) is 1.81. The van der Waals surface area contributed by atoms with Gasteiger partial charge in [0, 0.05) is 31.0 Å². The standard InChI is InChI=1S/C18H17N3O2S/c1-21-7-6-16-15(10-21)8-14(9-19)17(20-16)24-11-12-2-4-13(5-3-12)18(22)23/h2-5,8H,6-7,10-11H2,1H3,(H,22,23). The lowest BCUT2D eigenvalue weighted by Crippen LogP contribution is -2.27. The van der Waals surface area contributed by atoms with Crippen molar-refractivity contribution in [1.82, 2.24) is 9.88 Å². The molecule has 2 heterocycles. The SMILES string of the molecule is CN1CCc2nc(SCc3ccc(C(=O)O)cc3)c(C#N)cc2C1. The molecule has 0 aliphatic carbocycles. The molecule has 0 bridgehead atoms. The van der Waals surface area contributed by atoms with Gasteiger partial charge in [-0.05, 0) is 36.4 Å². The number of rotatable bonds is 4. The summed E-state index contributed by atoms with van der Waals surface area (Å²) >= 11 is 1.52. The molecule has 0 saturated carbocycles. The zero-order chi connectivity index (χ0) is 17.1. The van der Waals surface area contributed by atoms with Gasteiger partial charge in [-0.2, -0.15) is 5.26 Å². The summed E-state index contributed by atoms with van der Waals surface area (Å²) in [5.41, 5.74) is 4.10. The van der Waals surface area contributed by atoms with Gasteiger partial charge in [0.25, 0.3) is 0 Å². The molecule has 1 aliphatic rings. The lowest BCUT2D eigenvalue weighted by Gasteiger charge is -2.24. The summed E-state index contributed by atoms with van der Waals surface area (Å²) in [6.07, 6.45) is 0.901. The third-order valence-corrected chi connectivity index (χ3v) is 5.09. The molecule has 1 aromatic carbocycles. The Morgan fingerprint density at radius 2 is 2.17 bits per heavy atom. The number of nitrogens with zero attached hydrogens (tertiary/aromatic N) is 3. The monoisotopic (exact) mass is 339 g/mol. The quantitative estimate of drug-likeness (QED) is 0.863. The number of nitriles is 1. The van der Waals surface area contributed by atoms with Crippen LogP contribution in [0.15, 0.2) is 35.4 Å². The third kappa shape index (κ3) is 3.58. The van der Waals surface area contributed by atoms with E-state index >= 15 is 0 Å². The number of fused-ring (bicyclic) bond motifs is 1. The number of hydrogen-bond donors (Lipinski definition) is 1. The highest BCUT2D eigenvalue weighted by atomic mass is 32.2. The fourth-order valence-corrected chi connectivity index (χ4v) is 3.61. The minimum atomic E-state index is -0.928. The van der Waals surface area contributed by atoms with Gasteiger partial charge in [-0.3, -0.25) is 0 Å². The minimum absolute atomic E-state index is 0.275. The molecule has 5 nitrogen and oxygen atoms in total. The number of carbonyl (C=O) groups is 1. The molecule has 0 unspecified atom stereocenters. The smallest absolute Gasteiger partial charge is 0.335 e. The zero-order valence-corrected chi connectivity index (χ0v) is 14.1. The number of carboxylic acid groups (broad SMARTS) is 1. The molecule has 3 rings (SSSR count). The maximum absolute atomic E-state index is 10.9. The Morgan fingerprint density at radius 3 is 2.83 bits per heavy atom. The number of benzene rings is 1. The van der Waals surface area contributed by atoms with Crippen LogP contribution < -0.4 is 0 Å². The van der Waals surface area contributed by atoms with Crippen LogP contribution in [0.1, 0.15) is 32.7 Å². The molecule has 122 valence electrons. The van der Waals surface area contributed by atoms with Crippen molar-refractivity contribution in [2.45, 2.75) is 23.7 Å². The molecule has 1 aliphatic heterocycles. The first-order valence-corrected chi connectivity index (χ1v) is 8.62. The summed E-state index contributed by atoms with van der Waals surface area (Å²) in [5.74, 6) is -0.275. The molecular formula is C18H17N3O2S. The second-order valence-electron chi connectivity index (χ2n) is 5.84. The van der Waals surface area contributed by atoms with Gasteiger partial charge < -0.3 is 10.0 Å². The van der Waals surface area contributed by atoms with Crippen LogP contribution in [0.25, 0.3) is 0 Å². The number of thioether (sulfide) groups is 1. The summed E-state index contributed by atoms with van der Waals surface area (Å²) in [6, 6.07) is 11.0. The largest absolute Gasteiger partial charge is 0.478 e. The van der Waals surface area contributed by atoms with E-state index in [1.165, 1.54) is 11.8 Å². The van der Waals surface area contributed by atoms with Gasteiger partial charge in [0.05, 0.1) is 11.1 Å². The lowest BCUT2D eigenvalue weighted by molar-refractivity contribution is 0.0697. The van der Waals surface area contributed by atoms with Crippen molar-refractivity contribution in [3.63, 3.8) is 0 Å². The van der Waals surface area contributed by atoms with E-state index in [0.29, 0.717) is 11.3 Å². The fourth-order valence-electron chi connectivity index (χ4n) is 2.68. The van der Waals surface area contributed by atoms with Crippen LogP contribution in [0.3, 0.4) is 0 Å². The maximum Gasteiger partial charge on any atom is 0.335 e. The van der Waals surface area contributed by atoms with Crippen molar-refractivity contribution in [3.05, 3.63) is 58.3 Å². The Morgan fingerprint density at radius 1 is 1.42 bits per heavy atom. The molecular weight excluding hydrogens is 322 g/mol. The van der Waals surface area contributed by atoms with E-state index in [4.69, 9.17) is 10.1 Å². The first-order valence-electron chi connectivity index (χ1n) is 7.63. The minimum Gasteiger partial charge on any atom is -0.478 e. The molecule has 0 fully saturated rings. The summed E-state index contributed by atoms with van der Waals surface area (Å²) in [7, 11) is 2.07. The summed E-state index contributed by atoms with van der Waals surface area (Å²) < 4.78 is 0. The molecule has 0 radical (unpaired) electrons. The molecule has 1 N–H and O–H groups in total. The molecule has 0 saturated heterocycles. The fraction of sp³-hybridized carbons (Fsp3) is 0.278. The first kappa shape index (κ1) is 16.5. The van der Waals surface area contributed by atoms with Crippen molar-refractivity contribution < 1.29 is 9.90 Å². The predicted octanol–water partition coefficient (Wildman–Crippen LogP) is 2.93. The predicted molar refractivity (Wildman–Crippen MR) is 92.0 cm³/mol. The number of carboxylic acids is 1. The third-order valence-electron chi connectivity index (χ3n) is 4.02. The maximum atomic E-state index is 10.9. The van der Waals surface area contributed by atoms with Crippen molar-refractivity contribution in [3.8, 4) is 6.07 Å². The van der Waals surface area contributed by atoms with Gasteiger partial charge in [0.1, 0.15) is 11.1 Å². The topological polar surface area (TPSA) is 77.2 Å². The van der Waals surface area contributed by atoms with E-state index in [1.807, 2.05) is 6.07 Å². The van der Waals surface area contributed by atoms with Gasteiger partial charge in [-0.1, -0.05) is 12.1 Å². The number of aromatic carboxylic acids is 1. The van der Waals surface area contributed by atoms with Crippen LogP contribution >= 0.6 is 11.8 Å². The molecule has 1 aromatic heterocycles. The molecule has 0 spiro atoms. The van der Waals surface area contributed by atoms with E-state index in [9.17, 15) is 10.1 Å². The highest BCUT2D eigenvalue weighted by Gasteiger charge is 2.18. The molecule has 0 amide bonds. The van der Waals surface area contributed by atoms with Crippen LogP contribution in [0.2, 0.25) is 0 Å². The number of pyridine rings is 1. The van der Waals surface area contributed by atoms with Crippen LogP contribution in [0.5, 0.6) is 0 Å². The Hall–Kier alpha value is -2.36. The highest BCUT2D eigenvalue weighted by molar-refractivity contribution is 7.98. The van der Waals surface area contributed by atoms with E-state index < -0.39 is 5.97 Å². The van der Waals surface area contributed by atoms with Gasteiger partial charge >= 0.3 is 5.97 Å². The number of aromatic nitrogens is 1.